The van der Waals surface area contributed by atoms with Gasteiger partial charge in [-0.3, -0.25) is 4.79 Å². The van der Waals surface area contributed by atoms with Gasteiger partial charge in [0.25, 0.3) is 0 Å². The van der Waals surface area contributed by atoms with Crippen molar-refractivity contribution in [2.45, 2.75) is 19.8 Å². The van der Waals surface area contributed by atoms with Crippen molar-refractivity contribution in [3.8, 4) is 5.88 Å². The molecule has 0 N–H and O–H groups in total. The maximum Gasteiger partial charge on any atom is 0.213 e. The van der Waals surface area contributed by atoms with Crippen molar-refractivity contribution < 1.29 is 9.53 Å². The molecular weight excluding hydrogens is 190 g/mol. The molecule has 3 heteroatoms. The molecule has 1 aromatic rings. The smallest absolute Gasteiger partial charge is 0.213 e. The molecule has 0 aliphatic rings. The van der Waals surface area contributed by atoms with Crippen LogP contribution in [0.4, 0.5) is 0 Å². The largest absolute Gasteiger partial charge is 0.478 e. The second kappa shape index (κ2) is 5.96. The molecule has 0 saturated heterocycles. The summed E-state index contributed by atoms with van der Waals surface area (Å²) in [5, 5.41) is 0. The number of ketones is 1. The van der Waals surface area contributed by atoms with Gasteiger partial charge in [-0.1, -0.05) is 6.08 Å². The van der Waals surface area contributed by atoms with Crippen LogP contribution in [-0.2, 0) is 0 Å². The number of allylic oxidation sites excluding steroid dienone is 1. The second-order valence-corrected chi connectivity index (χ2v) is 3.22. The van der Waals surface area contributed by atoms with Gasteiger partial charge in [0.15, 0.2) is 5.78 Å². The normalized spacial score (nSPS) is 9.67. The van der Waals surface area contributed by atoms with Crippen LogP contribution >= 0.6 is 0 Å². The van der Waals surface area contributed by atoms with Crippen LogP contribution in [-0.4, -0.2) is 17.4 Å². The highest BCUT2D eigenvalue weighted by Gasteiger charge is 2.01. The first-order valence-electron chi connectivity index (χ1n) is 4.94. The van der Waals surface area contributed by atoms with E-state index in [0.717, 1.165) is 12.8 Å². The number of nitrogens with zero attached hydrogens (tertiary/aromatic N) is 1. The van der Waals surface area contributed by atoms with Crippen LogP contribution < -0.4 is 4.74 Å². The standard InChI is InChI=1S/C12H15NO2/c1-3-4-5-8-15-12-9-11(10(2)14)6-7-13-12/h3,6-7,9H,1,4-5,8H2,2H3. The molecule has 80 valence electrons. The van der Waals surface area contributed by atoms with Gasteiger partial charge in [-0.15, -0.1) is 6.58 Å². The molecule has 0 aliphatic carbocycles. The average Bonchev–Trinajstić information content (AvgIpc) is 2.25. The van der Waals surface area contributed by atoms with E-state index in [-0.39, 0.29) is 5.78 Å². The SMILES string of the molecule is C=CCCCOc1cc(C(C)=O)ccn1. The van der Waals surface area contributed by atoms with Crippen molar-refractivity contribution >= 4 is 5.78 Å². The second-order valence-electron chi connectivity index (χ2n) is 3.22. The fourth-order valence-corrected chi connectivity index (χ4v) is 1.11. The first-order valence-corrected chi connectivity index (χ1v) is 4.94. The van der Waals surface area contributed by atoms with Crippen LogP contribution in [0.5, 0.6) is 5.88 Å². The molecule has 0 fully saturated rings. The summed E-state index contributed by atoms with van der Waals surface area (Å²) in [5.74, 6) is 0.528. The molecule has 1 aromatic heterocycles. The van der Waals surface area contributed by atoms with E-state index >= 15 is 0 Å². The van der Waals surface area contributed by atoms with Gasteiger partial charge >= 0.3 is 0 Å². The van der Waals surface area contributed by atoms with Crippen molar-refractivity contribution in [3.05, 3.63) is 36.5 Å². The molecule has 0 atom stereocenters. The Labute approximate surface area is 89.8 Å². The first kappa shape index (κ1) is 11.4. The summed E-state index contributed by atoms with van der Waals surface area (Å²) in [6.45, 7) is 5.75. The van der Waals surface area contributed by atoms with Crippen molar-refractivity contribution in [1.29, 1.82) is 0 Å². The third-order valence-corrected chi connectivity index (χ3v) is 1.94. The minimum Gasteiger partial charge on any atom is -0.478 e. The first-order chi connectivity index (χ1) is 7.24. The summed E-state index contributed by atoms with van der Waals surface area (Å²) < 4.78 is 5.39. The molecule has 0 unspecified atom stereocenters. The zero-order valence-electron chi connectivity index (χ0n) is 8.90. The summed E-state index contributed by atoms with van der Waals surface area (Å²) >= 11 is 0. The number of hydrogen-bond acceptors (Lipinski definition) is 3. The molecule has 15 heavy (non-hydrogen) atoms. The zero-order chi connectivity index (χ0) is 11.1. The number of carbonyl (C=O) groups excluding carboxylic acids is 1. The number of carbonyl (C=O) groups is 1. The van der Waals surface area contributed by atoms with E-state index in [2.05, 4.69) is 11.6 Å². The van der Waals surface area contributed by atoms with E-state index in [4.69, 9.17) is 4.74 Å². The quantitative estimate of drug-likeness (QED) is 0.407. The minimum atomic E-state index is 0.0216. The van der Waals surface area contributed by atoms with Gasteiger partial charge in [-0.05, 0) is 25.8 Å². The fraction of sp³-hybridized carbons (Fsp3) is 0.333. The van der Waals surface area contributed by atoms with Gasteiger partial charge in [-0.25, -0.2) is 4.98 Å². The molecule has 1 heterocycles. The molecule has 0 saturated carbocycles. The van der Waals surface area contributed by atoms with Crippen molar-refractivity contribution in [3.63, 3.8) is 0 Å². The highest BCUT2D eigenvalue weighted by atomic mass is 16.5. The highest BCUT2D eigenvalue weighted by molar-refractivity contribution is 5.94. The molecule has 1 rings (SSSR count). The van der Waals surface area contributed by atoms with Gasteiger partial charge in [0, 0.05) is 17.8 Å². The topological polar surface area (TPSA) is 39.2 Å². The van der Waals surface area contributed by atoms with Gasteiger partial charge < -0.3 is 4.74 Å². The van der Waals surface area contributed by atoms with Crippen LogP contribution in [0.25, 0.3) is 0 Å². The Bertz CT molecular complexity index is 347. The van der Waals surface area contributed by atoms with E-state index in [1.54, 1.807) is 18.3 Å². The Morgan fingerprint density at radius 1 is 1.67 bits per heavy atom. The van der Waals surface area contributed by atoms with Crippen LogP contribution in [0.2, 0.25) is 0 Å². The molecule has 0 bridgehead atoms. The van der Waals surface area contributed by atoms with E-state index in [1.807, 2.05) is 6.08 Å². The lowest BCUT2D eigenvalue weighted by atomic mass is 10.2. The molecule has 0 spiro atoms. The predicted octanol–water partition coefficient (Wildman–Crippen LogP) is 2.63. The number of pyridine rings is 1. The number of ether oxygens (including phenoxy) is 1. The van der Waals surface area contributed by atoms with Crippen molar-refractivity contribution in [1.82, 2.24) is 4.98 Å². The van der Waals surface area contributed by atoms with Gasteiger partial charge in [0.2, 0.25) is 5.88 Å². The molecule has 3 nitrogen and oxygen atoms in total. The number of rotatable bonds is 6. The van der Waals surface area contributed by atoms with Gasteiger partial charge in [0.1, 0.15) is 0 Å². The van der Waals surface area contributed by atoms with Crippen LogP contribution in [0.15, 0.2) is 31.0 Å². The van der Waals surface area contributed by atoms with Crippen LogP contribution in [0.3, 0.4) is 0 Å². The molecule has 0 amide bonds. The van der Waals surface area contributed by atoms with Gasteiger partial charge in [-0.2, -0.15) is 0 Å². The van der Waals surface area contributed by atoms with Crippen molar-refractivity contribution in [2.24, 2.45) is 0 Å². The Morgan fingerprint density at radius 3 is 3.13 bits per heavy atom. The Balaban J connectivity index is 2.50. The lowest BCUT2D eigenvalue weighted by Crippen LogP contribution is -2.00. The molecule has 0 aliphatic heterocycles. The van der Waals surface area contributed by atoms with Crippen LogP contribution in [0, 0.1) is 0 Å². The molecular formula is C12H15NO2. The monoisotopic (exact) mass is 205 g/mol. The summed E-state index contributed by atoms with van der Waals surface area (Å²) in [7, 11) is 0. The summed E-state index contributed by atoms with van der Waals surface area (Å²) in [6.07, 6.45) is 5.27. The number of hydrogen-bond donors (Lipinski definition) is 0. The van der Waals surface area contributed by atoms with E-state index in [0.29, 0.717) is 18.1 Å². The third kappa shape index (κ3) is 3.94. The molecule has 0 radical (unpaired) electrons. The third-order valence-electron chi connectivity index (χ3n) is 1.94. The van der Waals surface area contributed by atoms with Crippen molar-refractivity contribution in [2.75, 3.05) is 6.61 Å². The zero-order valence-corrected chi connectivity index (χ0v) is 8.90. The van der Waals surface area contributed by atoms with E-state index < -0.39 is 0 Å². The minimum absolute atomic E-state index is 0.0216. The summed E-state index contributed by atoms with van der Waals surface area (Å²) in [4.78, 5) is 15.1. The average molecular weight is 205 g/mol. The lowest BCUT2D eigenvalue weighted by Gasteiger charge is -2.04. The van der Waals surface area contributed by atoms with E-state index in [1.165, 1.54) is 6.92 Å². The maximum atomic E-state index is 11.1. The summed E-state index contributed by atoms with van der Waals surface area (Å²) in [6, 6.07) is 3.34. The lowest BCUT2D eigenvalue weighted by molar-refractivity contribution is 0.101. The number of unbranched alkanes of at least 4 members (excludes halogenated alkanes) is 1. The Morgan fingerprint density at radius 2 is 2.47 bits per heavy atom. The van der Waals surface area contributed by atoms with E-state index in [9.17, 15) is 4.79 Å². The molecule has 0 aromatic carbocycles. The number of Topliss-reactive ketones (excluding diaryl/α,β-unsaturated/α-hetero) is 1. The van der Waals surface area contributed by atoms with Crippen LogP contribution in [0.1, 0.15) is 30.1 Å². The Kier molecular flexibility index (Phi) is 4.54. The number of aromatic nitrogens is 1. The highest BCUT2D eigenvalue weighted by Crippen LogP contribution is 2.10. The van der Waals surface area contributed by atoms with Gasteiger partial charge in [0.05, 0.1) is 6.61 Å². The predicted molar refractivity (Wildman–Crippen MR) is 59.2 cm³/mol. The fourth-order valence-electron chi connectivity index (χ4n) is 1.11. The maximum absolute atomic E-state index is 11.1. The summed E-state index contributed by atoms with van der Waals surface area (Å²) in [5.41, 5.74) is 0.628. The Hall–Kier alpha value is -1.64.